The number of nitrogens with two attached hydrogens (primary N) is 1. The third-order valence-electron chi connectivity index (χ3n) is 2.74. The topological polar surface area (TPSA) is 41.6 Å². The van der Waals surface area contributed by atoms with Gasteiger partial charge in [-0.05, 0) is 26.2 Å². The fourth-order valence-corrected chi connectivity index (χ4v) is 0.929. The van der Waals surface area contributed by atoms with Crippen LogP contribution < -0.4 is 5.73 Å². The summed E-state index contributed by atoms with van der Waals surface area (Å²) in [7, 11) is 2.00. The molecular weight excluding hydrogens is 174 g/mol. The van der Waals surface area contributed by atoms with Crippen LogP contribution in [0.2, 0.25) is 0 Å². The molecule has 0 spiro atoms. The first kappa shape index (κ1) is 13.3. The van der Waals surface area contributed by atoms with Crippen molar-refractivity contribution in [2.24, 2.45) is 16.6 Å². The molecule has 0 fully saturated rings. The van der Waals surface area contributed by atoms with Crippen LogP contribution in [0.3, 0.4) is 0 Å². The highest BCUT2D eigenvalue weighted by Crippen LogP contribution is 2.15. The van der Waals surface area contributed by atoms with Crippen LogP contribution in [0.1, 0.15) is 41.0 Å². The van der Waals surface area contributed by atoms with E-state index in [1.54, 1.807) is 0 Å². The Balaban J connectivity index is 4.38. The molecule has 84 valence electrons. The molecule has 0 saturated carbocycles. The third kappa shape index (κ3) is 3.99. The van der Waals surface area contributed by atoms with E-state index in [0.717, 1.165) is 13.0 Å². The van der Waals surface area contributed by atoms with Crippen LogP contribution in [0.4, 0.5) is 0 Å². The first-order valence-corrected chi connectivity index (χ1v) is 5.35. The highest BCUT2D eigenvalue weighted by atomic mass is 15.3. The molecule has 0 bridgehead atoms. The van der Waals surface area contributed by atoms with E-state index in [1.165, 1.54) is 0 Å². The van der Waals surface area contributed by atoms with Gasteiger partial charge in [0.1, 0.15) is 0 Å². The smallest absolute Gasteiger partial charge is 0.191 e. The number of hydrogen-bond acceptors (Lipinski definition) is 1. The molecule has 0 radical (unpaired) electrons. The molecule has 0 saturated heterocycles. The Hall–Kier alpha value is -0.730. The van der Waals surface area contributed by atoms with E-state index in [2.05, 4.69) is 44.5 Å². The molecule has 0 aliphatic heterocycles. The lowest BCUT2D eigenvalue weighted by Gasteiger charge is -2.35. The van der Waals surface area contributed by atoms with Crippen molar-refractivity contribution in [1.29, 1.82) is 0 Å². The third-order valence-corrected chi connectivity index (χ3v) is 2.74. The van der Waals surface area contributed by atoms with Crippen molar-refractivity contribution in [2.75, 3.05) is 13.6 Å². The van der Waals surface area contributed by atoms with Crippen LogP contribution in [-0.4, -0.2) is 30.0 Å². The quantitative estimate of drug-likeness (QED) is 0.556. The van der Waals surface area contributed by atoms with Crippen molar-refractivity contribution in [3.63, 3.8) is 0 Å². The Kier molecular flexibility index (Phi) is 4.95. The van der Waals surface area contributed by atoms with Crippen LogP contribution in [-0.2, 0) is 0 Å². The second-order valence-electron chi connectivity index (χ2n) is 4.82. The minimum absolute atomic E-state index is 0.0879. The summed E-state index contributed by atoms with van der Waals surface area (Å²) in [5.41, 5.74) is 5.99. The summed E-state index contributed by atoms with van der Waals surface area (Å²) in [6, 6.07) is 0. The van der Waals surface area contributed by atoms with E-state index in [4.69, 9.17) is 5.73 Å². The van der Waals surface area contributed by atoms with Gasteiger partial charge in [-0.15, -0.1) is 0 Å². The maximum absolute atomic E-state index is 5.90. The van der Waals surface area contributed by atoms with E-state index in [0.29, 0.717) is 11.9 Å². The van der Waals surface area contributed by atoms with Gasteiger partial charge in [0.25, 0.3) is 0 Å². The summed E-state index contributed by atoms with van der Waals surface area (Å²) in [6.07, 6.45) is 1.06. The van der Waals surface area contributed by atoms with Crippen molar-refractivity contribution in [1.82, 2.24) is 4.90 Å². The molecule has 14 heavy (non-hydrogen) atoms. The zero-order chi connectivity index (χ0) is 11.4. The van der Waals surface area contributed by atoms with Gasteiger partial charge in [0.05, 0.1) is 0 Å². The molecule has 0 unspecified atom stereocenters. The van der Waals surface area contributed by atoms with Crippen molar-refractivity contribution in [2.45, 2.75) is 46.6 Å². The zero-order valence-electron chi connectivity index (χ0n) is 10.5. The molecule has 2 N–H and O–H groups in total. The summed E-state index contributed by atoms with van der Waals surface area (Å²) in [4.78, 5) is 6.41. The summed E-state index contributed by atoms with van der Waals surface area (Å²) in [5.74, 6) is 1.21. The molecule has 0 aromatic rings. The molecule has 0 heterocycles. The van der Waals surface area contributed by atoms with Gasteiger partial charge in [-0.25, -0.2) is 0 Å². The van der Waals surface area contributed by atoms with Gasteiger partial charge in [0.15, 0.2) is 5.96 Å². The van der Waals surface area contributed by atoms with Crippen molar-refractivity contribution >= 4 is 5.96 Å². The summed E-state index contributed by atoms with van der Waals surface area (Å²) in [6.45, 7) is 11.6. The number of hydrogen-bond donors (Lipinski definition) is 1. The summed E-state index contributed by atoms with van der Waals surface area (Å²) >= 11 is 0. The van der Waals surface area contributed by atoms with Gasteiger partial charge in [-0.2, -0.15) is 0 Å². The van der Waals surface area contributed by atoms with Crippen LogP contribution in [0.5, 0.6) is 0 Å². The van der Waals surface area contributed by atoms with E-state index in [9.17, 15) is 0 Å². The van der Waals surface area contributed by atoms with Crippen LogP contribution in [0.15, 0.2) is 4.99 Å². The maximum Gasteiger partial charge on any atom is 0.191 e. The normalized spacial score (nSPS) is 13.5. The lowest BCUT2D eigenvalue weighted by atomic mass is 10.0. The van der Waals surface area contributed by atoms with Gasteiger partial charge in [-0.1, -0.05) is 20.8 Å². The van der Waals surface area contributed by atoms with Gasteiger partial charge < -0.3 is 10.6 Å². The van der Waals surface area contributed by atoms with E-state index >= 15 is 0 Å². The SMILES string of the molecule is CCC(C)(C)N(C)C(N)=NCC(C)C. The second-order valence-corrected chi connectivity index (χ2v) is 4.82. The zero-order valence-corrected chi connectivity index (χ0v) is 10.5. The number of nitrogens with zero attached hydrogens (tertiary/aromatic N) is 2. The molecule has 3 heteroatoms. The minimum atomic E-state index is 0.0879. The highest BCUT2D eigenvalue weighted by molar-refractivity contribution is 5.78. The molecule has 0 atom stereocenters. The monoisotopic (exact) mass is 199 g/mol. The maximum atomic E-state index is 5.90. The summed E-state index contributed by atoms with van der Waals surface area (Å²) in [5, 5.41) is 0. The molecule has 0 aliphatic rings. The average molecular weight is 199 g/mol. The van der Waals surface area contributed by atoms with Crippen molar-refractivity contribution in [3.05, 3.63) is 0 Å². The van der Waals surface area contributed by atoms with Crippen LogP contribution >= 0.6 is 0 Å². The fraction of sp³-hybridized carbons (Fsp3) is 0.909. The van der Waals surface area contributed by atoms with Gasteiger partial charge in [0.2, 0.25) is 0 Å². The highest BCUT2D eigenvalue weighted by Gasteiger charge is 2.22. The predicted octanol–water partition coefficient (Wildman–Crippen LogP) is 2.08. The average Bonchev–Trinajstić information content (AvgIpc) is 2.12. The lowest BCUT2D eigenvalue weighted by molar-refractivity contribution is 0.243. The Morgan fingerprint density at radius 1 is 1.43 bits per heavy atom. The molecule has 0 aromatic carbocycles. The largest absolute Gasteiger partial charge is 0.370 e. The van der Waals surface area contributed by atoms with E-state index in [-0.39, 0.29) is 5.54 Å². The molecule has 0 aliphatic carbocycles. The summed E-state index contributed by atoms with van der Waals surface area (Å²) < 4.78 is 0. The second kappa shape index (κ2) is 5.23. The Labute approximate surface area is 88.4 Å². The first-order chi connectivity index (χ1) is 6.31. The Morgan fingerprint density at radius 3 is 2.29 bits per heavy atom. The number of rotatable bonds is 4. The first-order valence-electron chi connectivity index (χ1n) is 5.35. The van der Waals surface area contributed by atoms with Crippen LogP contribution in [0.25, 0.3) is 0 Å². The van der Waals surface area contributed by atoms with Crippen LogP contribution in [0, 0.1) is 5.92 Å². The van der Waals surface area contributed by atoms with Gasteiger partial charge >= 0.3 is 0 Å². The van der Waals surface area contributed by atoms with Crippen molar-refractivity contribution < 1.29 is 0 Å². The van der Waals surface area contributed by atoms with Gasteiger partial charge in [0, 0.05) is 19.1 Å². The Bertz CT molecular complexity index is 195. The molecule has 0 aromatic heterocycles. The molecular formula is C11H25N3. The van der Waals surface area contributed by atoms with E-state index < -0.39 is 0 Å². The van der Waals surface area contributed by atoms with Gasteiger partial charge in [-0.3, -0.25) is 4.99 Å². The van der Waals surface area contributed by atoms with E-state index in [1.807, 2.05) is 7.05 Å². The number of aliphatic imine (C=N–C) groups is 1. The Morgan fingerprint density at radius 2 is 1.93 bits per heavy atom. The molecule has 0 amide bonds. The standard InChI is InChI=1S/C11H25N3/c1-7-11(4,5)14(6)10(12)13-8-9(2)3/h9H,7-8H2,1-6H3,(H2,12,13). The predicted molar refractivity (Wildman–Crippen MR) is 63.5 cm³/mol. The minimum Gasteiger partial charge on any atom is -0.370 e. The lowest BCUT2D eigenvalue weighted by Crippen LogP contribution is -2.48. The van der Waals surface area contributed by atoms with Crippen molar-refractivity contribution in [3.8, 4) is 0 Å². The fourth-order valence-electron chi connectivity index (χ4n) is 0.929. The molecule has 0 rings (SSSR count). The molecule has 3 nitrogen and oxygen atoms in total. The number of guanidine groups is 1.